The molecule has 5 heteroatoms. The third kappa shape index (κ3) is 2.82. The maximum Gasteiger partial charge on any atom is 0.241 e. The highest BCUT2D eigenvalue weighted by molar-refractivity contribution is 5.97. The van der Waals surface area contributed by atoms with Crippen LogP contribution in [0, 0.1) is 0 Å². The number of carbonyl (C=O) groups is 1. The number of fused-ring (bicyclic) bond motifs is 1. The number of amides is 1. The Hall–Kier alpha value is -1.10. The summed E-state index contributed by atoms with van der Waals surface area (Å²) in [7, 11) is 0. The van der Waals surface area contributed by atoms with Crippen molar-refractivity contribution in [2.24, 2.45) is 5.73 Å². The lowest BCUT2D eigenvalue weighted by Gasteiger charge is -2.25. The molecule has 1 aromatic carbocycles. The van der Waals surface area contributed by atoms with Crippen molar-refractivity contribution in [2.45, 2.75) is 31.8 Å². The van der Waals surface area contributed by atoms with E-state index in [2.05, 4.69) is 17.9 Å². The number of halogens is 1. The van der Waals surface area contributed by atoms with Gasteiger partial charge in [0.25, 0.3) is 0 Å². The van der Waals surface area contributed by atoms with Gasteiger partial charge in [-0.15, -0.1) is 12.4 Å². The number of anilines is 1. The second kappa shape index (κ2) is 6.12. The van der Waals surface area contributed by atoms with E-state index in [1.807, 2.05) is 23.1 Å². The van der Waals surface area contributed by atoms with Gasteiger partial charge in [0.1, 0.15) is 0 Å². The number of hydrogen-bond donors (Lipinski definition) is 1. The summed E-state index contributed by atoms with van der Waals surface area (Å²) in [5.74, 6) is 0.201. The molecule has 1 amide bonds. The van der Waals surface area contributed by atoms with E-state index in [4.69, 9.17) is 5.73 Å². The normalized spacial score (nSPS) is 25.4. The van der Waals surface area contributed by atoms with Gasteiger partial charge < -0.3 is 10.6 Å². The molecule has 1 saturated heterocycles. The minimum Gasteiger partial charge on any atom is -0.326 e. The van der Waals surface area contributed by atoms with Crippen LogP contribution in [-0.2, 0) is 11.2 Å². The van der Waals surface area contributed by atoms with Crippen LogP contribution in [0.15, 0.2) is 24.3 Å². The fraction of sp³-hybridized carbons (Fsp3) is 0.533. The van der Waals surface area contributed by atoms with Crippen molar-refractivity contribution in [3.63, 3.8) is 0 Å². The number of nitrogens with zero attached hydrogens (tertiary/aromatic N) is 2. The van der Waals surface area contributed by atoms with Crippen LogP contribution in [0.5, 0.6) is 0 Å². The first kappa shape index (κ1) is 15.3. The number of hydrogen-bond acceptors (Lipinski definition) is 3. The molecule has 0 spiro atoms. The lowest BCUT2D eigenvalue weighted by atomic mass is 10.1. The van der Waals surface area contributed by atoms with Crippen molar-refractivity contribution < 1.29 is 4.79 Å². The van der Waals surface area contributed by atoms with Gasteiger partial charge in [-0.25, -0.2) is 0 Å². The number of carbonyl (C=O) groups excluding carboxylic acids is 1. The van der Waals surface area contributed by atoms with Crippen LogP contribution in [0.1, 0.15) is 18.9 Å². The highest BCUT2D eigenvalue weighted by Crippen LogP contribution is 2.31. The predicted octanol–water partition coefficient (Wildman–Crippen LogP) is 1.42. The molecule has 2 atom stereocenters. The van der Waals surface area contributed by atoms with Gasteiger partial charge in [-0.1, -0.05) is 18.2 Å². The summed E-state index contributed by atoms with van der Waals surface area (Å²) in [6.07, 6.45) is 1.96. The van der Waals surface area contributed by atoms with Gasteiger partial charge in [0.05, 0.1) is 6.54 Å². The molecule has 20 heavy (non-hydrogen) atoms. The fourth-order valence-electron chi connectivity index (χ4n) is 3.22. The van der Waals surface area contributed by atoms with E-state index in [0.29, 0.717) is 6.54 Å². The zero-order valence-corrected chi connectivity index (χ0v) is 12.6. The fourth-order valence-corrected chi connectivity index (χ4v) is 3.22. The molecule has 2 aliphatic rings. The minimum atomic E-state index is 0. The van der Waals surface area contributed by atoms with Gasteiger partial charge in [0, 0.05) is 30.9 Å². The first-order valence-corrected chi connectivity index (χ1v) is 7.03. The number of nitrogens with two attached hydrogens (primary N) is 1. The lowest BCUT2D eigenvalue weighted by molar-refractivity contribution is -0.119. The molecular formula is C15H22ClN3O. The molecule has 2 aliphatic heterocycles. The second-order valence-corrected chi connectivity index (χ2v) is 5.73. The Morgan fingerprint density at radius 3 is 2.85 bits per heavy atom. The van der Waals surface area contributed by atoms with Crippen LogP contribution >= 0.6 is 12.4 Å². The van der Waals surface area contributed by atoms with Crippen LogP contribution < -0.4 is 10.6 Å². The Kier molecular flexibility index (Phi) is 4.68. The number of benzene rings is 1. The van der Waals surface area contributed by atoms with Gasteiger partial charge in [0.15, 0.2) is 0 Å². The Labute approximate surface area is 126 Å². The van der Waals surface area contributed by atoms with Gasteiger partial charge in [0.2, 0.25) is 5.91 Å². The number of para-hydroxylation sites is 1. The molecule has 2 heterocycles. The van der Waals surface area contributed by atoms with E-state index in [1.54, 1.807) is 0 Å². The van der Waals surface area contributed by atoms with Crippen LogP contribution in [0.3, 0.4) is 0 Å². The van der Waals surface area contributed by atoms with Crippen LogP contribution in [0.2, 0.25) is 0 Å². The third-order valence-corrected chi connectivity index (χ3v) is 4.14. The summed E-state index contributed by atoms with van der Waals surface area (Å²) in [5, 5.41) is 0. The van der Waals surface area contributed by atoms with Crippen molar-refractivity contribution in [1.82, 2.24) is 4.90 Å². The SMILES string of the molecule is CC1Cc2ccccc2N1C(=O)CN1CC[C@H](N)C1.Cl. The zero-order chi connectivity index (χ0) is 13.4. The van der Waals surface area contributed by atoms with Crippen molar-refractivity contribution >= 4 is 24.0 Å². The molecule has 1 aromatic rings. The average molecular weight is 296 g/mol. The molecule has 1 fully saturated rings. The predicted molar refractivity (Wildman–Crippen MR) is 83.4 cm³/mol. The Morgan fingerprint density at radius 2 is 2.15 bits per heavy atom. The largest absolute Gasteiger partial charge is 0.326 e. The number of rotatable bonds is 2. The van der Waals surface area contributed by atoms with E-state index >= 15 is 0 Å². The lowest BCUT2D eigenvalue weighted by Crippen LogP contribution is -2.43. The van der Waals surface area contributed by atoms with Crippen molar-refractivity contribution in [3.05, 3.63) is 29.8 Å². The molecule has 2 N–H and O–H groups in total. The maximum atomic E-state index is 12.5. The first-order chi connectivity index (χ1) is 9.15. The van der Waals surface area contributed by atoms with Gasteiger partial charge in [-0.3, -0.25) is 9.69 Å². The minimum absolute atomic E-state index is 0. The Balaban J connectivity index is 0.00000147. The summed E-state index contributed by atoms with van der Waals surface area (Å²) in [6.45, 7) is 4.40. The molecule has 0 aliphatic carbocycles. The molecule has 1 unspecified atom stereocenters. The molecule has 3 rings (SSSR count). The smallest absolute Gasteiger partial charge is 0.241 e. The maximum absolute atomic E-state index is 12.5. The molecular weight excluding hydrogens is 274 g/mol. The van der Waals surface area contributed by atoms with Crippen LogP contribution in [-0.4, -0.2) is 42.5 Å². The van der Waals surface area contributed by atoms with Gasteiger partial charge in [-0.05, 0) is 31.4 Å². The summed E-state index contributed by atoms with van der Waals surface area (Å²) in [4.78, 5) is 16.6. The Bertz CT molecular complexity index is 494. The monoisotopic (exact) mass is 295 g/mol. The van der Waals surface area contributed by atoms with E-state index in [-0.39, 0.29) is 30.4 Å². The van der Waals surface area contributed by atoms with Crippen molar-refractivity contribution in [2.75, 3.05) is 24.5 Å². The second-order valence-electron chi connectivity index (χ2n) is 5.73. The molecule has 0 radical (unpaired) electrons. The standard InChI is InChI=1S/C15H21N3O.ClH/c1-11-8-12-4-2-3-5-14(12)18(11)15(19)10-17-7-6-13(16)9-17;/h2-5,11,13H,6-10,16H2,1H3;1H/t11?,13-;/m0./s1. The molecule has 4 nitrogen and oxygen atoms in total. The highest BCUT2D eigenvalue weighted by atomic mass is 35.5. The van der Waals surface area contributed by atoms with Crippen molar-refractivity contribution in [1.29, 1.82) is 0 Å². The zero-order valence-electron chi connectivity index (χ0n) is 11.8. The quantitative estimate of drug-likeness (QED) is 0.898. The van der Waals surface area contributed by atoms with Gasteiger partial charge in [-0.2, -0.15) is 0 Å². The third-order valence-electron chi connectivity index (χ3n) is 4.14. The molecule has 0 saturated carbocycles. The highest BCUT2D eigenvalue weighted by Gasteiger charge is 2.32. The van der Waals surface area contributed by atoms with Crippen LogP contribution in [0.4, 0.5) is 5.69 Å². The molecule has 110 valence electrons. The van der Waals surface area contributed by atoms with E-state index in [1.165, 1.54) is 5.56 Å². The first-order valence-electron chi connectivity index (χ1n) is 7.03. The average Bonchev–Trinajstić information content (AvgIpc) is 2.91. The molecule has 0 aromatic heterocycles. The van der Waals surface area contributed by atoms with Gasteiger partial charge >= 0.3 is 0 Å². The number of likely N-dealkylation sites (tertiary alicyclic amines) is 1. The van der Waals surface area contributed by atoms with E-state index in [0.717, 1.165) is 31.6 Å². The van der Waals surface area contributed by atoms with Crippen molar-refractivity contribution in [3.8, 4) is 0 Å². The van der Waals surface area contributed by atoms with E-state index in [9.17, 15) is 4.79 Å². The summed E-state index contributed by atoms with van der Waals surface area (Å²) >= 11 is 0. The summed E-state index contributed by atoms with van der Waals surface area (Å²) in [6, 6.07) is 8.71. The summed E-state index contributed by atoms with van der Waals surface area (Å²) in [5.41, 5.74) is 8.26. The topological polar surface area (TPSA) is 49.6 Å². The summed E-state index contributed by atoms with van der Waals surface area (Å²) < 4.78 is 0. The molecule has 0 bridgehead atoms. The van der Waals surface area contributed by atoms with E-state index < -0.39 is 0 Å². The van der Waals surface area contributed by atoms with Crippen LogP contribution in [0.25, 0.3) is 0 Å². The Morgan fingerprint density at radius 1 is 1.40 bits per heavy atom.